The Morgan fingerprint density at radius 2 is 1.27 bits per heavy atom. The summed E-state index contributed by atoms with van der Waals surface area (Å²) in [5.41, 5.74) is 0.154. The van der Waals surface area contributed by atoms with E-state index >= 15 is 0 Å². The molecule has 0 bridgehead atoms. The maximum atomic E-state index is 6.14. The minimum absolute atomic E-state index is 0.154. The summed E-state index contributed by atoms with van der Waals surface area (Å²) < 4.78 is 2.33. The van der Waals surface area contributed by atoms with Gasteiger partial charge in [0.05, 0.1) is 0 Å². The van der Waals surface area contributed by atoms with Crippen molar-refractivity contribution < 1.29 is 0 Å². The van der Waals surface area contributed by atoms with Crippen molar-refractivity contribution in [3.8, 4) is 0 Å². The second-order valence-corrected chi connectivity index (χ2v) is 11.5. The molecule has 0 rings (SSSR count). The third-order valence-electron chi connectivity index (χ3n) is 1.54. The lowest BCUT2D eigenvalue weighted by Crippen LogP contribution is -2.52. The highest BCUT2D eigenvalue weighted by atomic mass is 35.6. The minimum atomic E-state index is -1.23. The topological polar surface area (TPSA) is 3.24 Å². The zero-order valence-electron chi connectivity index (χ0n) is 7.86. The van der Waals surface area contributed by atoms with Crippen LogP contribution < -0.4 is 0 Å². The van der Waals surface area contributed by atoms with Crippen molar-refractivity contribution in [3.05, 3.63) is 0 Å². The van der Waals surface area contributed by atoms with E-state index in [4.69, 9.17) is 22.2 Å². The molecule has 68 valence electrons. The molecule has 0 saturated heterocycles. The van der Waals surface area contributed by atoms with Crippen molar-refractivity contribution in [2.75, 3.05) is 0 Å². The molecule has 0 aromatic heterocycles. The summed E-state index contributed by atoms with van der Waals surface area (Å²) in [4.78, 5) is 0. The van der Waals surface area contributed by atoms with Crippen LogP contribution in [0.15, 0.2) is 0 Å². The smallest absolute Gasteiger partial charge is 0.205 e. The standard InChI is InChI=1S/C6H17Cl2NSi2/c1-6(2,3)9(10(4)7)11(5)8/h10-11H,1-5H3. The van der Waals surface area contributed by atoms with Crippen molar-refractivity contribution in [3.63, 3.8) is 0 Å². The fourth-order valence-corrected chi connectivity index (χ4v) is 11.1. The van der Waals surface area contributed by atoms with E-state index in [0.717, 1.165) is 0 Å². The van der Waals surface area contributed by atoms with E-state index in [1.54, 1.807) is 0 Å². The van der Waals surface area contributed by atoms with Gasteiger partial charge in [0.25, 0.3) is 0 Å². The zero-order chi connectivity index (χ0) is 9.23. The summed E-state index contributed by atoms with van der Waals surface area (Å²) in [6.07, 6.45) is 0. The summed E-state index contributed by atoms with van der Waals surface area (Å²) in [6, 6.07) is 0. The van der Waals surface area contributed by atoms with Crippen molar-refractivity contribution in [2.24, 2.45) is 0 Å². The van der Waals surface area contributed by atoms with Crippen molar-refractivity contribution in [2.45, 2.75) is 39.4 Å². The summed E-state index contributed by atoms with van der Waals surface area (Å²) in [5.74, 6) is 0. The molecule has 0 aliphatic rings. The van der Waals surface area contributed by atoms with Gasteiger partial charge in [0.2, 0.25) is 16.5 Å². The van der Waals surface area contributed by atoms with E-state index in [1.807, 2.05) is 0 Å². The monoisotopic (exact) mass is 229 g/mol. The summed E-state index contributed by atoms with van der Waals surface area (Å²) in [5, 5.41) is 0. The average Bonchev–Trinajstić information content (AvgIpc) is 1.54. The molecule has 0 amide bonds. The van der Waals surface area contributed by atoms with E-state index in [1.165, 1.54) is 0 Å². The fourth-order valence-electron chi connectivity index (χ4n) is 1.35. The largest absolute Gasteiger partial charge is 0.322 e. The van der Waals surface area contributed by atoms with Crippen LogP contribution in [0.2, 0.25) is 13.1 Å². The average molecular weight is 230 g/mol. The molecule has 0 aliphatic heterocycles. The van der Waals surface area contributed by atoms with Gasteiger partial charge in [-0.15, -0.1) is 0 Å². The van der Waals surface area contributed by atoms with Crippen LogP contribution in [-0.4, -0.2) is 26.3 Å². The number of rotatable bonds is 2. The Morgan fingerprint density at radius 1 is 1.00 bits per heavy atom. The molecular formula is C6H17Cl2NSi2. The van der Waals surface area contributed by atoms with Crippen LogP contribution in [0.3, 0.4) is 0 Å². The Labute approximate surface area is 82.5 Å². The van der Waals surface area contributed by atoms with Gasteiger partial charge in [-0.1, -0.05) is 0 Å². The van der Waals surface area contributed by atoms with Gasteiger partial charge >= 0.3 is 0 Å². The number of nitrogens with zero attached hydrogens (tertiary/aromatic N) is 1. The van der Waals surface area contributed by atoms with E-state index in [2.05, 4.69) is 38.1 Å². The van der Waals surface area contributed by atoms with Crippen molar-refractivity contribution in [1.29, 1.82) is 0 Å². The molecule has 0 aliphatic carbocycles. The normalized spacial score (nSPS) is 18.5. The molecule has 2 unspecified atom stereocenters. The quantitative estimate of drug-likeness (QED) is 0.519. The Bertz CT molecular complexity index is 114. The van der Waals surface area contributed by atoms with Gasteiger partial charge in [0.15, 0.2) is 0 Å². The number of halogens is 2. The maximum absolute atomic E-state index is 6.14. The van der Waals surface area contributed by atoms with E-state index < -0.39 is 16.5 Å². The number of hydrogen-bond donors (Lipinski definition) is 0. The lowest BCUT2D eigenvalue weighted by Gasteiger charge is -2.39. The lowest BCUT2D eigenvalue weighted by atomic mass is 10.1. The van der Waals surface area contributed by atoms with Crippen molar-refractivity contribution >= 4 is 38.7 Å². The van der Waals surface area contributed by atoms with Crippen LogP contribution in [0.5, 0.6) is 0 Å². The third kappa shape index (κ3) is 3.94. The van der Waals surface area contributed by atoms with Crippen LogP contribution in [0.1, 0.15) is 20.8 Å². The summed E-state index contributed by atoms with van der Waals surface area (Å²) >= 11 is 12.3. The number of hydrogen-bond acceptors (Lipinski definition) is 1. The van der Waals surface area contributed by atoms with Gasteiger partial charge < -0.3 is 4.23 Å². The predicted molar refractivity (Wildman–Crippen MR) is 59.3 cm³/mol. The summed E-state index contributed by atoms with van der Waals surface area (Å²) in [6.45, 7) is 10.7. The molecule has 0 heterocycles. The second-order valence-electron chi connectivity index (χ2n) is 3.73. The van der Waals surface area contributed by atoms with Crippen molar-refractivity contribution in [1.82, 2.24) is 4.23 Å². The predicted octanol–water partition coefficient (Wildman–Crippen LogP) is 2.27. The van der Waals surface area contributed by atoms with Crippen LogP contribution in [0, 0.1) is 0 Å². The Balaban J connectivity index is 4.35. The SMILES string of the molecule is C[SiH](Cl)N([SiH](C)Cl)C(C)(C)C. The fraction of sp³-hybridized carbons (Fsp3) is 1.00. The minimum Gasteiger partial charge on any atom is -0.322 e. The molecule has 0 saturated carbocycles. The zero-order valence-corrected chi connectivity index (χ0v) is 11.7. The van der Waals surface area contributed by atoms with Crippen LogP contribution in [0.25, 0.3) is 0 Å². The first-order valence-electron chi connectivity index (χ1n) is 3.83. The molecule has 1 nitrogen and oxygen atoms in total. The highest BCUT2D eigenvalue weighted by molar-refractivity contribution is 7.15. The van der Waals surface area contributed by atoms with Gasteiger partial charge in [-0.3, -0.25) is 0 Å². The second kappa shape index (κ2) is 4.28. The molecule has 0 N–H and O–H groups in total. The molecule has 11 heavy (non-hydrogen) atoms. The first-order valence-corrected chi connectivity index (χ1v) is 10.7. The molecule has 2 atom stereocenters. The van der Waals surface area contributed by atoms with Gasteiger partial charge in [0.1, 0.15) is 0 Å². The molecule has 0 spiro atoms. The third-order valence-corrected chi connectivity index (χ3v) is 9.70. The molecule has 0 fully saturated rings. The first-order chi connectivity index (χ1) is 4.76. The Morgan fingerprint density at radius 3 is 1.27 bits per heavy atom. The van der Waals surface area contributed by atoms with E-state index in [-0.39, 0.29) is 5.54 Å². The maximum Gasteiger partial charge on any atom is 0.205 e. The van der Waals surface area contributed by atoms with Crippen LogP contribution in [-0.2, 0) is 0 Å². The van der Waals surface area contributed by atoms with Gasteiger partial charge in [-0.25, -0.2) is 0 Å². The highest BCUT2D eigenvalue weighted by Crippen LogP contribution is 2.20. The molecule has 0 radical (unpaired) electrons. The summed E-state index contributed by atoms with van der Waals surface area (Å²) in [7, 11) is -2.47. The van der Waals surface area contributed by atoms with Gasteiger partial charge in [-0.2, -0.15) is 22.2 Å². The van der Waals surface area contributed by atoms with Gasteiger partial charge in [0, 0.05) is 5.54 Å². The lowest BCUT2D eigenvalue weighted by molar-refractivity contribution is 0.372. The van der Waals surface area contributed by atoms with E-state index in [9.17, 15) is 0 Å². The van der Waals surface area contributed by atoms with E-state index in [0.29, 0.717) is 0 Å². The Kier molecular flexibility index (Phi) is 4.66. The van der Waals surface area contributed by atoms with Gasteiger partial charge in [-0.05, 0) is 33.9 Å². The Hall–Kier alpha value is 0.974. The van der Waals surface area contributed by atoms with Crippen LogP contribution >= 0.6 is 22.2 Å². The highest BCUT2D eigenvalue weighted by Gasteiger charge is 2.29. The molecule has 5 heteroatoms. The van der Waals surface area contributed by atoms with Crippen LogP contribution in [0.4, 0.5) is 0 Å². The molecular weight excluding hydrogens is 213 g/mol. The molecule has 0 aromatic carbocycles. The molecule has 0 aromatic rings. The first kappa shape index (κ1) is 12.0.